The van der Waals surface area contributed by atoms with Crippen molar-refractivity contribution in [2.45, 2.75) is 13.8 Å². The summed E-state index contributed by atoms with van der Waals surface area (Å²) in [5, 5.41) is 2.86. The lowest BCUT2D eigenvalue weighted by Gasteiger charge is -2.06. The molecule has 0 atom stereocenters. The van der Waals surface area contributed by atoms with Crippen molar-refractivity contribution < 1.29 is 4.79 Å². The molecule has 3 heteroatoms. The van der Waals surface area contributed by atoms with Gasteiger partial charge in [-0.2, -0.15) is 0 Å². The predicted octanol–water partition coefficient (Wildman–Crippen LogP) is 2.95. The molecule has 1 aromatic heterocycles. The highest BCUT2D eigenvalue weighted by Gasteiger charge is 2.06. The lowest BCUT2D eigenvalue weighted by molar-refractivity contribution is 0.102. The summed E-state index contributed by atoms with van der Waals surface area (Å²) < 4.78 is 0. The Morgan fingerprint density at radius 3 is 2.71 bits per heavy atom. The van der Waals surface area contributed by atoms with Gasteiger partial charge >= 0.3 is 0 Å². The SMILES string of the molecule is Cc1cccc(NC(=O)c2ccnc(C)c2)c1. The quantitative estimate of drug-likeness (QED) is 0.855. The number of rotatable bonds is 2. The minimum absolute atomic E-state index is 0.110. The van der Waals surface area contributed by atoms with Gasteiger partial charge in [0.1, 0.15) is 0 Å². The second-order valence-corrected chi connectivity index (χ2v) is 4.01. The highest BCUT2D eigenvalue weighted by molar-refractivity contribution is 6.04. The Morgan fingerprint density at radius 1 is 1.18 bits per heavy atom. The van der Waals surface area contributed by atoms with Crippen LogP contribution in [0.15, 0.2) is 42.6 Å². The Labute approximate surface area is 101 Å². The van der Waals surface area contributed by atoms with Crippen LogP contribution in [0.4, 0.5) is 5.69 Å². The second kappa shape index (κ2) is 4.78. The van der Waals surface area contributed by atoms with Crippen LogP contribution in [0.5, 0.6) is 0 Å². The van der Waals surface area contributed by atoms with Crippen molar-refractivity contribution in [3.63, 3.8) is 0 Å². The van der Waals surface area contributed by atoms with Crippen molar-refractivity contribution in [3.8, 4) is 0 Å². The summed E-state index contributed by atoms with van der Waals surface area (Å²) >= 11 is 0. The fraction of sp³-hybridized carbons (Fsp3) is 0.143. The van der Waals surface area contributed by atoms with Crippen molar-refractivity contribution in [2.24, 2.45) is 0 Å². The maximum absolute atomic E-state index is 11.9. The van der Waals surface area contributed by atoms with E-state index in [1.807, 2.05) is 38.1 Å². The number of nitrogens with one attached hydrogen (secondary N) is 1. The Balaban J connectivity index is 2.17. The minimum atomic E-state index is -0.110. The van der Waals surface area contributed by atoms with E-state index in [9.17, 15) is 4.79 Å². The van der Waals surface area contributed by atoms with Gasteiger partial charge in [0.05, 0.1) is 0 Å². The number of aryl methyl sites for hydroxylation is 2. The molecule has 86 valence electrons. The Hall–Kier alpha value is -2.16. The first-order valence-electron chi connectivity index (χ1n) is 5.46. The zero-order chi connectivity index (χ0) is 12.3. The highest BCUT2D eigenvalue weighted by atomic mass is 16.1. The molecule has 0 radical (unpaired) electrons. The van der Waals surface area contributed by atoms with Gasteiger partial charge in [0.15, 0.2) is 0 Å². The van der Waals surface area contributed by atoms with E-state index in [4.69, 9.17) is 0 Å². The van der Waals surface area contributed by atoms with E-state index in [-0.39, 0.29) is 5.91 Å². The molecule has 0 aliphatic carbocycles. The fourth-order valence-corrected chi connectivity index (χ4v) is 1.61. The van der Waals surface area contributed by atoms with Crippen LogP contribution in [0.3, 0.4) is 0 Å². The summed E-state index contributed by atoms with van der Waals surface area (Å²) in [6.07, 6.45) is 1.64. The number of nitrogens with zero attached hydrogens (tertiary/aromatic N) is 1. The van der Waals surface area contributed by atoms with E-state index in [2.05, 4.69) is 10.3 Å². The van der Waals surface area contributed by atoms with Crippen LogP contribution in [-0.4, -0.2) is 10.9 Å². The molecule has 1 amide bonds. The highest BCUT2D eigenvalue weighted by Crippen LogP contribution is 2.11. The fourth-order valence-electron chi connectivity index (χ4n) is 1.61. The third-order valence-corrected chi connectivity index (χ3v) is 2.43. The van der Waals surface area contributed by atoms with E-state index < -0.39 is 0 Å². The van der Waals surface area contributed by atoms with Crippen LogP contribution in [0.1, 0.15) is 21.6 Å². The minimum Gasteiger partial charge on any atom is -0.322 e. The van der Waals surface area contributed by atoms with Crippen molar-refractivity contribution in [1.82, 2.24) is 4.98 Å². The monoisotopic (exact) mass is 226 g/mol. The van der Waals surface area contributed by atoms with Gasteiger partial charge in [-0.1, -0.05) is 12.1 Å². The van der Waals surface area contributed by atoms with Gasteiger partial charge in [-0.3, -0.25) is 9.78 Å². The molecule has 1 aromatic carbocycles. The summed E-state index contributed by atoms with van der Waals surface area (Å²) in [5.41, 5.74) is 3.39. The zero-order valence-corrected chi connectivity index (χ0v) is 9.90. The molecule has 0 saturated heterocycles. The van der Waals surface area contributed by atoms with Gasteiger partial charge in [-0.15, -0.1) is 0 Å². The average molecular weight is 226 g/mol. The molecule has 0 unspecified atom stereocenters. The number of hydrogen-bond acceptors (Lipinski definition) is 2. The van der Waals surface area contributed by atoms with E-state index in [1.165, 1.54) is 0 Å². The predicted molar refractivity (Wildman–Crippen MR) is 68.1 cm³/mol. The van der Waals surface area contributed by atoms with Crippen LogP contribution < -0.4 is 5.32 Å². The molecule has 3 nitrogen and oxygen atoms in total. The third-order valence-electron chi connectivity index (χ3n) is 2.43. The van der Waals surface area contributed by atoms with Crippen LogP contribution >= 0.6 is 0 Å². The van der Waals surface area contributed by atoms with E-state index in [0.717, 1.165) is 16.9 Å². The Kier molecular flexibility index (Phi) is 3.19. The maximum Gasteiger partial charge on any atom is 0.255 e. The molecule has 0 aliphatic heterocycles. The summed E-state index contributed by atoms with van der Waals surface area (Å²) in [6, 6.07) is 11.2. The summed E-state index contributed by atoms with van der Waals surface area (Å²) in [6.45, 7) is 3.86. The zero-order valence-electron chi connectivity index (χ0n) is 9.90. The molecule has 1 heterocycles. The van der Waals surface area contributed by atoms with Crippen molar-refractivity contribution in [3.05, 3.63) is 59.4 Å². The molecular weight excluding hydrogens is 212 g/mol. The molecule has 0 aliphatic rings. The lowest BCUT2D eigenvalue weighted by atomic mass is 10.2. The van der Waals surface area contributed by atoms with Gasteiger partial charge < -0.3 is 5.32 Å². The molecule has 0 spiro atoms. The van der Waals surface area contributed by atoms with Crippen molar-refractivity contribution in [2.75, 3.05) is 5.32 Å². The van der Waals surface area contributed by atoms with Crippen LogP contribution in [0.25, 0.3) is 0 Å². The van der Waals surface area contributed by atoms with Gasteiger partial charge in [-0.25, -0.2) is 0 Å². The van der Waals surface area contributed by atoms with E-state index in [0.29, 0.717) is 5.56 Å². The number of hydrogen-bond donors (Lipinski definition) is 1. The maximum atomic E-state index is 11.9. The van der Waals surface area contributed by atoms with E-state index in [1.54, 1.807) is 18.3 Å². The first-order chi connectivity index (χ1) is 8.15. The smallest absolute Gasteiger partial charge is 0.255 e. The molecule has 1 N–H and O–H groups in total. The molecule has 2 aromatic rings. The number of aromatic nitrogens is 1. The largest absolute Gasteiger partial charge is 0.322 e. The molecule has 0 fully saturated rings. The standard InChI is InChI=1S/C14H14N2O/c1-10-4-3-5-13(8-10)16-14(17)12-6-7-15-11(2)9-12/h3-9H,1-2H3,(H,16,17). The lowest BCUT2D eigenvalue weighted by Crippen LogP contribution is -2.12. The van der Waals surface area contributed by atoms with Crippen LogP contribution in [0, 0.1) is 13.8 Å². The van der Waals surface area contributed by atoms with Crippen molar-refractivity contribution >= 4 is 11.6 Å². The third kappa shape index (κ3) is 2.91. The molecule has 0 bridgehead atoms. The average Bonchev–Trinajstić information content (AvgIpc) is 2.29. The van der Waals surface area contributed by atoms with Gasteiger partial charge in [0.25, 0.3) is 5.91 Å². The van der Waals surface area contributed by atoms with Crippen LogP contribution in [0.2, 0.25) is 0 Å². The Morgan fingerprint density at radius 2 is 2.00 bits per heavy atom. The molecule has 2 rings (SSSR count). The number of carbonyl (C=O) groups is 1. The molecular formula is C14H14N2O. The number of pyridine rings is 1. The van der Waals surface area contributed by atoms with Gasteiger partial charge in [0.2, 0.25) is 0 Å². The number of benzene rings is 1. The summed E-state index contributed by atoms with van der Waals surface area (Å²) in [7, 11) is 0. The first kappa shape index (κ1) is 11.3. The normalized spacial score (nSPS) is 10.0. The topological polar surface area (TPSA) is 42.0 Å². The Bertz CT molecular complexity index is 549. The second-order valence-electron chi connectivity index (χ2n) is 4.01. The van der Waals surface area contributed by atoms with E-state index >= 15 is 0 Å². The summed E-state index contributed by atoms with van der Waals surface area (Å²) in [5.74, 6) is -0.110. The first-order valence-corrected chi connectivity index (χ1v) is 5.46. The number of anilines is 1. The van der Waals surface area contributed by atoms with Crippen molar-refractivity contribution in [1.29, 1.82) is 0 Å². The van der Waals surface area contributed by atoms with Gasteiger partial charge in [0, 0.05) is 23.1 Å². The van der Waals surface area contributed by atoms with Crippen LogP contribution in [-0.2, 0) is 0 Å². The number of amides is 1. The molecule has 17 heavy (non-hydrogen) atoms. The summed E-state index contributed by atoms with van der Waals surface area (Å²) in [4.78, 5) is 16.0. The van der Waals surface area contributed by atoms with Gasteiger partial charge in [-0.05, 0) is 43.7 Å². The number of carbonyl (C=O) groups excluding carboxylic acids is 1. The molecule has 0 saturated carbocycles.